The Hall–Kier alpha value is -1.43. The number of rotatable bonds is 1. The third-order valence-corrected chi connectivity index (χ3v) is 7.75. The molecule has 1 aliphatic carbocycles. The van der Waals surface area contributed by atoms with Crippen molar-refractivity contribution in [2.75, 3.05) is 18.8 Å². The SMILES string of the molecule is Cc1cnc(C(=O)N2CCC3(CCC3)S(=O)(=O)CC2)c(C)c1. The highest BCUT2D eigenvalue weighted by Crippen LogP contribution is 2.44. The quantitative estimate of drug-likeness (QED) is 0.792. The highest BCUT2D eigenvalue weighted by Gasteiger charge is 2.50. The third kappa shape index (κ3) is 2.43. The maximum atomic E-state index is 12.7. The van der Waals surface area contributed by atoms with Crippen LogP contribution in [-0.4, -0.2) is 47.8 Å². The molecule has 1 saturated carbocycles. The molecule has 2 aliphatic rings. The van der Waals surface area contributed by atoms with Gasteiger partial charge in [0, 0.05) is 19.3 Å². The Kier molecular flexibility index (Phi) is 3.75. The van der Waals surface area contributed by atoms with E-state index in [1.807, 2.05) is 19.9 Å². The summed E-state index contributed by atoms with van der Waals surface area (Å²) in [5.74, 6) is -0.0759. The predicted octanol–water partition coefficient (Wildman–Crippen LogP) is 1.88. The summed E-state index contributed by atoms with van der Waals surface area (Å²) in [6.45, 7) is 4.59. The van der Waals surface area contributed by atoms with Crippen molar-refractivity contribution in [3.8, 4) is 0 Å². The molecule has 6 heteroatoms. The molecule has 22 heavy (non-hydrogen) atoms. The summed E-state index contributed by atoms with van der Waals surface area (Å²) in [6, 6.07) is 1.93. The minimum atomic E-state index is -3.10. The van der Waals surface area contributed by atoms with Crippen LogP contribution >= 0.6 is 0 Å². The fourth-order valence-electron chi connectivity index (χ4n) is 3.48. The topological polar surface area (TPSA) is 67.3 Å². The summed E-state index contributed by atoms with van der Waals surface area (Å²) >= 11 is 0. The fourth-order valence-corrected chi connectivity index (χ4v) is 5.68. The van der Waals surface area contributed by atoms with E-state index in [9.17, 15) is 13.2 Å². The van der Waals surface area contributed by atoms with Gasteiger partial charge in [-0.3, -0.25) is 9.78 Å². The monoisotopic (exact) mass is 322 g/mol. The molecule has 1 aromatic rings. The number of pyridine rings is 1. The molecule has 2 fully saturated rings. The van der Waals surface area contributed by atoms with Crippen LogP contribution < -0.4 is 0 Å². The average Bonchev–Trinajstić information content (AvgIpc) is 2.53. The van der Waals surface area contributed by atoms with Gasteiger partial charge in [-0.2, -0.15) is 0 Å². The second kappa shape index (κ2) is 5.33. The Morgan fingerprint density at radius 2 is 1.95 bits per heavy atom. The maximum Gasteiger partial charge on any atom is 0.272 e. The van der Waals surface area contributed by atoms with E-state index in [0.717, 1.165) is 30.4 Å². The third-order valence-electron chi connectivity index (χ3n) is 5.10. The molecule has 5 nitrogen and oxygen atoms in total. The van der Waals surface area contributed by atoms with Gasteiger partial charge in [0.1, 0.15) is 5.69 Å². The number of aromatic nitrogens is 1. The van der Waals surface area contributed by atoms with Gasteiger partial charge in [-0.1, -0.05) is 12.5 Å². The Bertz CT molecular complexity index is 708. The highest BCUT2D eigenvalue weighted by molar-refractivity contribution is 7.92. The van der Waals surface area contributed by atoms with E-state index < -0.39 is 14.6 Å². The van der Waals surface area contributed by atoms with Gasteiger partial charge in [0.15, 0.2) is 9.84 Å². The largest absolute Gasteiger partial charge is 0.336 e. The van der Waals surface area contributed by atoms with Crippen LogP contribution in [0.1, 0.15) is 47.3 Å². The summed E-state index contributed by atoms with van der Waals surface area (Å²) in [5.41, 5.74) is 2.30. The zero-order valence-corrected chi connectivity index (χ0v) is 13.9. The molecule has 0 atom stereocenters. The molecule has 0 N–H and O–H groups in total. The van der Waals surface area contributed by atoms with E-state index in [-0.39, 0.29) is 18.2 Å². The molecule has 3 rings (SSSR count). The van der Waals surface area contributed by atoms with Crippen molar-refractivity contribution in [1.29, 1.82) is 0 Å². The minimum Gasteiger partial charge on any atom is -0.336 e. The first-order chi connectivity index (χ1) is 10.3. The molecular formula is C16H22N2O3S. The lowest BCUT2D eigenvalue weighted by Crippen LogP contribution is -2.46. The number of hydrogen-bond donors (Lipinski definition) is 0. The second-order valence-electron chi connectivity index (χ2n) is 6.58. The fraction of sp³-hybridized carbons (Fsp3) is 0.625. The molecule has 1 spiro atoms. The van der Waals surface area contributed by atoms with Gasteiger partial charge in [0.05, 0.1) is 10.5 Å². The van der Waals surface area contributed by atoms with Gasteiger partial charge in [-0.25, -0.2) is 8.42 Å². The first kappa shape index (κ1) is 15.5. The summed E-state index contributed by atoms with van der Waals surface area (Å²) in [5, 5.41) is 0. The molecule has 1 aliphatic heterocycles. The lowest BCUT2D eigenvalue weighted by Gasteiger charge is -2.39. The molecule has 0 radical (unpaired) electrons. The molecule has 2 heterocycles. The van der Waals surface area contributed by atoms with Gasteiger partial charge >= 0.3 is 0 Å². The van der Waals surface area contributed by atoms with Crippen LogP contribution in [0, 0.1) is 13.8 Å². The molecule has 120 valence electrons. The van der Waals surface area contributed by atoms with Crippen LogP contribution in [0.5, 0.6) is 0 Å². The Morgan fingerprint density at radius 3 is 2.55 bits per heavy atom. The van der Waals surface area contributed by atoms with Crippen LogP contribution in [0.4, 0.5) is 0 Å². The van der Waals surface area contributed by atoms with Gasteiger partial charge in [-0.05, 0) is 44.2 Å². The maximum absolute atomic E-state index is 12.7. The smallest absolute Gasteiger partial charge is 0.272 e. The van der Waals surface area contributed by atoms with E-state index >= 15 is 0 Å². The predicted molar refractivity (Wildman–Crippen MR) is 84.6 cm³/mol. The average molecular weight is 322 g/mol. The minimum absolute atomic E-state index is 0.0731. The van der Waals surface area contributed by atoms with Gasteiger partial charge in [0.25, 0.3) is 5.91 Å². The standard InChI is InChI=1S/C16H22N2O3S/c1-12-10-13(2)14(17-11-12)15(19)18-7-6-16(4-3-5-16)22(20,21)9-8-18/h10-11H,3-9H2,1-2H3. The van der Waals surface area contributed by atoms with Gasteiger partial charge in [-0.15, -0.1) is 0 Å². The first-order valence-electron chi connectivity index (χ1n) is 7.79. The number of amides is 1. The molecule has 0 aromatic carbocycles. The van der Waals surface area contributed by atoms with E-state index in [1.165, 1.54) is 0 Å². The summed E-state index contributed by atoms with van der Waals surface area (Å²) < 4.78 is 24.4. The number of carbonyl (C=O) groups is 1. The van der Waals surface area contributed by atoms with Crippen molar-refractivity contribution in [2.45, 2.75) is 44.3 Å². The lowest BCUT2D eigenvalue weighted by molar-refractivity contribution is 0.0752. The molecule has 1 saturated heterocycles. The second-order valence-corrected chi connectivity index (χ2v) is 9.08. The van der Waals surface area contributed by atoms with E-state index in [0.29, 0.717) is 18.7 Å². The zero-order chi connectivity index (χ0) is 16.0. The molecule has 1 aromatic heterocycles. The molecular weight excluding hydrogens is 300 g/mol. The zero-order valence-electron chi connectivity index (χ0n) is 13.1. The van der Waals surface area contributed by atoms with Crippen LogP contribution in [0.25, 0.3) is 0 Å². The van der Waals surface area contributed by atoms with Crippen LogP contribution in [0.3, 0.4) is 0 Å². The van der Waals surface area contributed by atoms with Crippen LogP contribution in [0.2, 0.25) is 0 Å². The van der Waals surface area contributed by atoms with Crippen molar-refractivity contribution in [2.24, 2.45) is 0 Å². The number of hydrogen-bond acceptors (Lipinski definition) is 4. The molecule has 1 amide bonds. The van der Waals surface area contributed by atoms with Crippen LogP contribution in [-0.2, 0) is 9.84 Å². The number of sulfone groups is 1. The van der Waals surface area contributed by atoms with Crippen molar-refractivity contribution in [3.63, 3.8) is 0 Å². The van der Waals surface area contributed by atoms with E-state index in [1.54, 1.807) is 11.1 Å². The first-order valence-corrected chi connectivity index (χ1v) is 9.45. The Labute approximate surface area is 131 Å². The van der Waals surface area contributed by atoms with Crippen molar-refractivity contribution < 1.29 is 13.2 Å². The number of aryl methyl sites for hydroxylation is 2. The number of carbonyl (C=O) groups excluding carboxylic acids is 1. The van der Waals surface area contributed by atoms with Gasteiger partial charge < -0.3 is 4.90 Å². The normalized spacial score (nSPS) is 22.9. The van der Waals surface area contributed by atoms with Crippen LogP contribution in [0.15, 0.2) is 12.3 Å². The van der Waals surface area contributed by atoms with Gasteiger partial charge in [0.2, 0.25) is 0 Å². The Morgan fingerprint density at radius 1 is 1.23 bits per heavy atom. The highest BCUT2D eigenvalue weighted by atomic mass is 32.2. The molecule has 0 bridgehead atoms. The van der Waals surface area contributed by atoms with Crippen molar-refractivity contribution in [1.82, 2.24) is 9.88 Å². The number of nitrogens with zero attached hydrogens (tertiary/aromatic N) is 2. The summed E-state index contributed by atoms with van der Waals surface area (Å²) in [6.07, 6.45) is 4.72. The van der Waals surface area contributed by atoms with Crippen molar-refractivity contribution >= 4 is 15.7 Å². The Balaban J connectivity index is 1.83. The molecule has 0 unspecified atom stereocenters. The summed E-state index contributed by atoms with van der Waals surface area (Å²) in [4.78, 5) is 18.6. The lowest BCUT2D eigenvalue weighted by atomic mass is 9.81. The van der Waals surface area contributed by atoms with Crippen molar-refractivity contribution in [3.05, 3.63) is 29.1 Å². The van der Waals surface area contributed by atoms with E-state index in [4.69, 9.17) is 0 Å². The van der Waals surface area contributed by atoms with E-state index in [2.05, 4.69) is 4.98 Å². The summed E-state index contributed by atoms with van der Waals surface area (Å²) in [7, 11) is -3.10.